The Balaban J connectivity index is 1.66. The lowest BCUT2D eigenvalue weighted by Gasteiger charge is -2.19. The van der Waals surface area contributed by atoms with Crippen LogP contribution < -0.4 is 16.4 Å². The minimum atomic E-state index is -0.734. The lowest BCUT2D eigenvalue weighted by molar-refractivity contribution is 0.0531. The number of hydrogen-bond donors (Lipinski definition) is 3. The van der Waals surface area contributed by atoms with Gasteiger partial charge in [0.2, 0.25) is 0 Å². The van der Waals surface area contributed by atoms with Crippen molar-refractivity contribution in [3.05, 3.63) is 28.2 Å². The van der Waals surface area contributed by atoms with Crippen LogP contribution in [0.2, 0.25) is 10.0 Å². The van der Waals surface area contributed by atoms with Gasteiger partial charge in [-0.3, -0.25) is 5.32 Å². The van der Waals surface area contributed by atoms with Gasteiger partial charge in [0.1, 0.15) is 17.9 Å². The molecular weight excluding hydrogens is 511 g/mol. The smallest absolute Gasteiger partial charge is 0.414 e. The monoisotopic (exact) mass is 534 g/mol. The van der Waals surface area contributed by atoms with Crippen LogP contribution in [0.1, 0.15) is 20.8 Å². The Bertz CT molecular complexity index is 978. The molecule has 0 aliphatic carbocycles. The first-order valence-corrected chi connectivity index (χ1v) is 12.9. The summed E-state index contributed by atoms with van der Waals surface area (Å²) in [5.41, 5.74) is 6.13. The van der Waals surface area contributed by atoms with Gasteiger partial charge >= 0.3 is 12.2 Å². The van der Waals surface area contributed by atoms with E-state index in [1.54, 1.807) is 39.0 Å². The van der Waals surface area contributed by atoms with E-state index < -0.39 is 17.8 Å². The Morgan fingerprint density at radius 3 is 2.55 bits per heavy atom. The van der Waals surface area contributed by atoms with Crippen LogP contribution in [0.3, 0.4) is 0 Å². The molecule has 0 unspecified atom stereocenters. The molecule has 2 amide bonds. The van der Waals surface area contributed by atoms with Gasteiger partial charge < -0.3 is 20.5 Å². The number of halogens is 2. The highest BCUT2D eigenvalue weighted by molar-refractivity contribution is 8.76. The average molecular weight is 535 g/mol. The molecule has 0 aliphatic rings. The largest absolute Gasteiger partial charge is 0.448 e. The predicted octanol–water partition coefficient (Wildman–Crippen LogP) is 4.88. The number of nitrogens with one attached hydrogen (secondary N) is 2. The maximum Gasteiger partial charge on any atom is 0.414 e. The number of nitrogens with two attached hydrogens (primary N) is 1. The zero-order valence-corrected chi connectivity index (χ0v) is 21.3. The molecule has 0 bridgehead atoms. The highest BCUT2D eigenvalue weighted by Gasteiger charge is 2.16. The molecule has 2 rings (SSSR count). The summed E-state index contributed by atoms with van der Waals surface area (Å²) in [5, 5.41) is 13.5. The number of amides is 2. The molecule has 14 heteroatoms. The number of carbonyl (C=O) groups is 2. The summed E-state index contributed by atoms with van der Waals surface area (Å²) >= 11 is 12.2. The number of rotatable bonds is 9. The molecule has 0 saturated heterocycles. The van der Waals surface area contributed by atoms with Gasteiger partial charge in [-0.25, -0.2) is 9.59 Å². The van der Waals surface area contributed by atoms with Crippen LogP contribution in [0, 0.1) is 0 Å². The third-order valence-corrected chi connectivity index (χ3v) is 6.66. The van der Waals surface area contributed by atoms with E-state index in [4.69, 9.17) is 38.4 Å². The first-order valence-electron chi connectivity index (χ1n) is 9.66. The maximum absolute atomic E-state index is 11.9. The van der Waals surface area contributed by atoms with Crippen LogP contribution in [0.25, 0.3) is 11.3 Å². The normalized spacial score (nSPS) is 11.1. The second-order valence-electron chi connectivity index (χ2n) is 7.30. The lowest BCUT2D eigenvalue weighted by Crippen LogP contribution is -2.33. The summed E-state index contributed by atoms with van der Waals surface area (Å²) in [6, 6.07) is 5.01. The van der Waals surface area contributed by atoms with Crippen molar-refractivity contribution in [2.45, 2.75) is 26.4 Å². The Labute approximate surface area is 209 Å². The molecule has 1 aromatic heterocycles. The third-order valence-electron chi connectivity index (χ3n) is 3.47. The molecule has 0 fully saturated rings. The molecule has 1 aromatic carbocycles. The predicted molar refractivity (Wildman–Crippen MR) is 134 cm³/mol. The van der Waals surface area contributed by atoms with E-state index >= 15 is 0 Å². The van der Waals surface area contributed by atoms with Crippen molar-refractivity contribution in [2.24, 2.45) is 0 Å². The summed E-state index contributed by atoms with van der Waals surface area (Å²) in [6.45, 7) is 6.04. The molecule has 0 spiro atoms. The van der Waals surface area contributed by atoms with E-state index in [9.17, 15) is 9.59 Å². The third kappa shape index (κ3) is 9.70. The van der Waals surface area contributed by atoms with Gasteiger partial charge in [0.15, 0.2) is 5.82 Å². The Hall–Kier alpha value is -2.15. The van der Waals surface area contributed by atoms with E-state index in [0.717, 1.165) is 0 Å². The van der Waals surface area contributed by atoms with Crippen molar-refractivity contribution in [1.29, 1.82) is 0 Å². The minimum absolute atomic E-state index is 0.0245. The summed E-state index contributed by atoms with van der Waals surface area (Å²) in [4.78, 5) is 27.4. The van der Waals surface area contributed by atoms with E-state index in [0.29, 0.717) is 28.6 Å². The minimum Gasteiger partial charge on any atom is -0.448 e. The van der Waals surface area contributed by atoms with Gasteiger partial charge in [-0.15, -0.1) is 10.2 Å². The molecule has 4 N–H and O–H groups in total. The Morgan fingerprint density at radius 2 is 1.85 bits per heavy atom. The zero-order chi connectivity index (χ0) is 24.4. The number of aromatic nitrogens is 3. The molecular formula is C19H24Cl2N6O4S2. The van der Waals surface area contributed by atoms with Crippen LogP contribution in [0.15, 0.2) is 18.2 Å². The highest BCUT2D eigenvalue weighted by atomic mass is 35.5. The molecule has 2 aromatic rings. The van der Waals surface area contributed by atoms with Crippen molar-refractivity contribution in [2.75, 3.05) is 35.7 Å². The first-order chi connectivity index (χ1) is 15.6. The second kappa shape index (κ2) is 12.9. The quantitative estimate of drug-likeness (QED) is 0.300. The first kappa shape index (κ1) is 27.1. The van der Waals surface area contributed by atoms with Crippen molar-refractivity contribution in [1.82, 2.24) is 20.5 Å². The van der Waals surface area contributed by atoms with Crippen molar-refractivity contribution >= 4 is 68.7 Å². The fraction of sp³-hybridized carbons (Fsp3) is 0.421. The molecule has 0 saturated carbocycles. The molecule has 0 radical (unpaired) electrons. The van der Waals surface area contributed by atoms with E-state index in [1.165, 1.54) is 21.6 Å². The molecule has 0 aliphatic heterocycles. The second-order valence-corrected chi connectivity index (χ2v) is 10.8. The Kier molecular flexibility index (Phi) is 10.6. The topological polar surface area (TPSA) is 141 Å². The highest BCUT2D eigenvalue weighted by Crippen LogP contribution is 2.34. The van der Waals surface area contributed by atoms with Gasteiger partial charge in [0.25, 0.3) is 5.95 Å². The van der Waals surface area contributed by atoms with Gasteiger partial charge in [-0.1, -0.05) is 56.9 Å². The molecule has 10 nitrogen and oxygen atoms in total. The summed E-state index contributed by atoms with van der Waals surface area (Å²) in [5.74, 6) is 1.15. The molecule has 1 heterocycles. The number of carbonyl (C=O) groups excluding carboxylic acids is 2. The van der Waals surface area contributed by atoms with Gasteiger partial charge in [-0.2, -0.15) is 4.98 Å². The van der Waals surface area contributed by atoms with Gasteiger partial charge in [0, 0.05) is 23.6 Å². The standard InChI is InChI=1S/C19H24Cl2N6O4S2/c1-19(2,3)31-17(28)23-7-9-32-33-10-8-30-18(29)25-16-24-15(22)14(26-27-16)11-5-4-6-12(20)13(11)21/h4-6H,7-10H2,1-3H3,(H,23,28)(H3,22,24,25,27,29). The van der Waals surface area contributed by atoms with Crippen LogP contribution >= 0.6 is 44.8 Å². The van der Waals surface area contributed by atoms with Gasteiger partial charge in [-0.05, 0) is 26.8 Å². The number of hydrogen-bond acceptors (Lipinski definition) is 10. The molecule has 0 atom stereocenters. The molecule has 33 heavy (non-hydrogen) atoms. The number of ether oxygens (including phenoxy) is 2. The number of nitrogens with zero attached hydrogens (tertiary/aromatic N) is 3. The summed E-state index contributed by atoms with van der Waals surface area (Å²) in [6.07, 6.45) is -1.18. The lowest BCUT2D eigenvalue weighted by atomic mass is 10.1. The van der Waals surface area contributed by atoms with Gasteiger partial charge in [0.05, 0.1) is 10.0 Å². The number of alkyl carbamates (subject to hydrolysis) is 1. The average Bonchev–Trinajstić information content (AvgIpc) is 2.71. The van der Waals surface area contributed by atoms with Crippen LogP contribution in [-0.4, -0.2) is 57.6 Å². The SMILES string of the molecule is CC(C)(C)OC(=O)NCCSSCCOC(=O)Nc1nnc(-c2cccc(Cl)c2Cl)c(N)n1. The fourth-order valence-corrected chi connectivity index (χ4v) is 4.32. The van der Waals surface area contributed by atoms with E-state index in [1.807, 2.05) is 0 Å². The van der Waals surface area contributed by atoms with Crippen LogP contribution in [0.5, 0.6) is 0 Å². The summed E-state index contributed by atoms with van der Waals surface area (Å²) < 4.78 is 10.2. The number of anilines is 2. The maximum atomic E-state index is 11.9. The molecule has 180 valence electrons. The van der Waals surface area contributed by atoms with Crippen molar-refractivity contribution < 1.29 is 19.1 Å². The summed E-state index contributed by atoms with van der Waals surface area (Å²) in [7, 11) is 3.04. The van der Waals surface area contributed by atoms with Crippen LogP contribution in [0.4, 0.5) is 21.4 Å². The van der Waals surface area contributed by atoms with E-state index in [-0.39, 0.29) is 29.1 Å². The number of benzene rings is 1. The zero-order valence-electron chi connectivity index (χ0n) is 18.2. The van der Waals surface area contributed by atoms with Crippen molar-refractivity contribution in [3.63, 3.8) is 0 Å². The Morgan fingerprint density at radius 1 is 1.12 bits per heavy atom. The fourth-order valence-electron chi connectivity index (χ4n) is 2.19. The van der Waals surface area contributed by atoms with E-state index in [2.05, 4.69) is 25.8 Å². The van der Waals surface area contributed by atoms with Crippen molar-refractivity contribution in [3.8, 4) is 11.3 Å². The number of nitrogen functional groups attached to an aromatic ring is 1. The van der Waals surface area contributed by atoms with Crippen LogP contribution in [-0.2, 0) is 9.47 Å².